The minimum Gasteiger partial charge on any atom is -0.343 e. The first-order valence-corrected chi connectivity index (χ1v) is 15.0. The highest BCUT2D eigenvalue weighted by Gasteiger charge is 2.42. The summed E-state index contributed by atoms with van der Waals surface area (Å²) in [7, 11) is 0. The SMILES string of the molecule is CCCCCCCCCCC(NC(=O)CCCC[C@@H]1SC[C@@H]2NC(=O)N[C@@H]21)C(=O)ON1C(=O)CCC1=O. The lowest BCUT2D eigenvalue weighted by molar-refractivity contribution is -0.199. The van der Waals surface area contributed by atoms with Crippen molar-refractivity contribution < 1.29 is 28.8 Å². The van der Waals surface area contributed by atoms with E-state index in [0.717, 1.165) is 44.3 Å². The van der Waals surface area contributed by atoms with E-state index in [4.69, 9.17) is 4.84 Å². The maximum absolute atomic E-state index is 12.8. The molecule has 0 radical (unpaired) electrons. The molecule has 3 rings (SSSR count). The monoisotopic (exact) mass is 538 g/mol. The molecule has 0 aliphatic carbocycles. The largest absolute Gasteiger partial charge is 0.355 e. The molecule has 1 unspecified atom stereocenters. The van der Waals surface area contributed by atoms with Crippen molar-refractivity contribution >= 4 is 41.5 Å². The highest BCUT2D eigenvalue weighted by atomic mass is 32.2. The number of hydrogen-bond donors (Lipinski definition) is 3. The van der Waals surface area contributed by atoms with Crippen LogP contribution in [0, 0.1) is 0 Å². The number of urea groups is 1. The summed E-state index contributed by atoms with van der Waals surface area (Å²) in [6.07, 6.45) is 12.0. The van der Waals surface area contributed by atoms with E-state index in [1.807, 2.05) is 11.8 Å². The molecular weight excluding hydrogens is 496 g/mol. The number of amides is 5. The Morgan fingerprint density at radius 3 is 2.35 bits per heavy atom. The van der Waals surface area contributed by atoms with Crippen LogP contribution in [0.5, 0.6) is 0 Å². The molecule has 37 heavy (non-hydrogen) atoms. The molecule has 0 saturated carbocycles. The lowest BCUT2D eigenvalue weighted by Gasteiger charge is -2.20. The van der Waals surface area contributed by atoms with Gasteiger partial charge in [-0.25, -0.2) is 9.59 Å². The molecule has 3 N–H and O–H groups in total. The van der Waals surface area contributed by atoms with Gasteiger partial charge in [-0.2, -0.15) is 11.8 Å². The Hall–Kier alpha value is -2.30. The number of unbranched alkanes of at least 4 members (excludes halogenated alkanes) is 8. The minimum absolute atomic E-state index is 0.0296. The lowest BCUT2D eigenvalue weighted by Crippen LogP contribution is -2.45. The molecule has 5 amide bonds. The Morgan fingerprint density at radius 2 is 1.65 bits per heavy atom. The molecule has 3 fully saturated rings. The maximum atomic E-state index is 12.8. The van der Waals surface area contributed by atoms with E-state index < -0.39 is 23.8 Å². The van der Waals surface area contributed by atoms with Crippen molar-refractivity contribution in [1.29, 1.82) is 0 Å². The first-order chi connectivity index (χ1) is 17.9. The Morgan fingerprint density at radius 1 is 0.973 bits per heavy atom. The van der Waals surface area contributed by atoms with Gasteiger partial charge in [0.2, 0.25) is 5.91 Å². The van der Waals surface area contributed by atoms with Crippen molar-refractivity contribution in [2.75, 3.05) is 5.75 Å². The van der Waals surface area contributed by atoms with Gasteiger partial charge in [0.25, 0.3) is 11.8 Å². The number of nitrogens with one attached hydrogen (secondary N) is 3. The summed E-state index contributed by atoms with van der Waals surface area (Å²) >= 11 is 1.84. The van der Waals surface area contributed by atoms with Gasteiger partial charge in [-0.05, 0) is 19.3 Å². The van der Waals surface area contributed by atoms with E-state index in [2.05, 4.69) is 22.9 Å². The number of hydrogen-bond acceptors (Lipinski definition) is 7. The van der Waals surface area contributed by atoms with Crippen molar-refractivity contribution in [3.63, 3.8) is 0 Å². The highest BCUT2D eigenvalue weighted by Crippen LogP contribution is 2.33. The van der Waals surface area contributed by atoms with Gasteiger partial charge in [0.1, 0.15) is 6.04 Å². The summed E-state index contributed by atoms with van der Waals surface area (Å²) in [5.41, 5.74) is 0. The van der Waals surface area contributed by atoms with Crippen molar-refractivity contribution in [2.45, 2.75) is 127 Å². The molecular formula is C26H42N4O6S. The molecule has 4 atom stereocenters. The zero-order valence-electron chi connectivity index (χ0n) is 21.9. The summed E-state index contributed by atoms with van der Waals surface area (Å²) in [5, 5.41) is 9.56. The van der Waals surface area contributed by atoms with Crippen LogP contribution in [0.2, 0.25) is 0 Å². The molecule has 208 valence electrons. The van der Waals surface area contributed by atoms with Crippen LogP contribution in [-0.4, -0.2) is 63.9 Å². The maximum Gasteiger partial charge on any atom is 0.355 e. The number of carbonyl (C=O) groups is 5. The molecule has 10 nitrogen and oxygen atoms in total. The van der Waals surface area contributed by atoms with Gasteiger partial charge in [-0.15, -0.1) is 5.06 Å². The predicted octanol–water partition coefficient (Wildman–Crippen LogP) is 3.34. The Balaban J connectivity index is 1.40. The van der Waals surface area contributed by atoms with E-state index in [-0.39, 0.29) is 43.3 Å². The van der Waals surface area contributed by atoms with Crippen LogP contribution in [0.1, 0.15) is 103 Å². The first kappa shape index (κ1) is 29.3. The molecule has 0 aromatic heterocycles. The van der Waals surface area contributed by atoms with E-state index in [9.17, 15) is 24.0 Å². The Bertz CT molecular complexity index is 809. The smallest absolute Gasteiger partial charge is 0.343 e. The molecule has 0 spiro atoms. The second kappa shape index (κ2) is 15.2. The zero-order valence-corrected chi connectivity index (χ0v) is 22.7. The third-order valence-corrected chi connectivity index (χ3v) is 8.74. The Labute approximate surface area is 223 Å². The number of carbonyl (C=O) groups excluding carboxylic acids is 5. The van der Waals surface area contributed by atoms with Crippen LogP contribution in [0.15, 0.2) is 0 Å². The number of thioether (sulfide) groups is 1. The van der Waals surface area contributed by atoms with Crippen LogP contribution in [0.4, 0.5) is 4.79 Å². The molecule has 0 aromatic carbocycles. The average molecular weight is 539 g/mol. The molecule has 0 aromatic rings. The van der Waals surface area contributed by atoms with Gasteiger partial charge in [0, 0.05) is 30.3 Å². The molecule has 3 saturated heterocycles. The predicted molar refractivity (Wildman–Crippen MR) is 140 cm³/mol. The summed E-state index contributed by atoms with van der Waals surface area (Å²) in [5.74, 6) is -1.17. The van der Waals surface area contributed by atoms with Crippen LogP contribution < -0.4 is 16.0 Å². The van der Waals surface area contributed by atoms with Crippen LogP contribution in [-0.2, 0) is 24.0 Å². The van der Waals surface area contributed by atoms with Crippen molar-refractivity contribution in [3.8, 4) is 0 Å². The molecule has 0 bridgehead atoms. The number of hydroxylamine groups is 2. The topological polar surface area (TPSA) is 134 Å². The quantitative estimate of drug-likeness (QED) is 0.147. The third kappa shape index (κ3) is 9.19. The van der Waals surface area contributed by atoms with Crippen LogP contribution >= 0.6 is 11.8 Å². The van der Waals surface area contributed by atoms with Gasteiger partial charge in [0.15, 0.2) is 0 Å². The number of nitrogens with zero attached hydrogens (tertiary/aromatic N) is 1. The minimum atomic E-state index is -0.889. The third-order valence-electron chi connectivity index (χ3n) is 7.23. The van der Waals surface area contributed by atoms with Crippen molar-refractivity contribution in [1.82, 2.24) is 21.0 Å². The Kier molecular flexibility index (Phi) is 12.0. The summed E-state index contributed by atoms with van der Waals surface area (Å²) in [4.78, 5) is 65.8. The second-order valence-corrected chi connectivity index (χ2v) is 11.5. The van der Waals surface area contributed by atoms with Crippen LogP contribution in [0.3, 0.4) is 0 Å². The number of fused-ring (bicyclic) bond motifs is 1. The number of rotatable bonds is 17. The average Bonchev–Trinajstić information content (AvgIpc) is 3.52. The van der Waals surface area contributed by atoms with Crippen molar-refractivity contribution in [3.05, 3.63) is 0 Å². The first-order valence-electron chi connectivity index (χ1n) is 13.9. The fourth-order valence-electron chi connectivity index (χ4n) is 5.08. The fourth-order valence-corrected chi connectivity index (χ4v) is 6.63. The van der Waals surface area contributed by atoms with Gasteiger partial charge < -0.3 is 20.8 Å². The van der Waals surface area contributed by atoms with E-state index >= 15 is 0 Å². The van der Waals surface area contributed by atoms with Gasteiger partial charge in [-0.1, -0.05) is 64.7 Å². The summed E-state index contributed by atoms with van der Waals surface area (Å²) in [6, 6.07) is -0.664. The van der Waals surface area contributed by atoms with Gasteiger partial charge >= 0.3 is 12.0 Å². The standard InChI is InChI=1S/C26H42N4O6S/c1-2-3-4-5-6-7-8-9-12-18(25(34)36-30-22(32)15-16-23(30)33)27-21(31)14-11-10-13-20-24-19(17-37-20)28-26(35)29-24/h18-20,24H,2-17H2,1H3,(H,27,31)(H2,28,29,35)/t18?,19-,20-,24-/m0/s1. The van der Waals surface area contributed by atoms with Crippen LogP contribution in [0.25, 0.3) is 0 Å². The second-order valence-electron chi connectivity index (χ2n) is 10.2. The molecule has 11 heteroatoms. The molecule has 3 aliphatic heterocycles. The molecule has 3 heterocycles. The van der Waals surface area contributed by atoms with Crippen molar-refractivity contribution in [2.24, 2.45) is 0 Å². The zero-order chi connectivity index (χ0) is 26.6. The van der Waals surface area contributed by atoms with E-state index in [1.54, 1.807) is 0 Å². The summed E-state index contributed by atoms with van der Waals surface area (Å²) in [6.45, 7) is 2.19. The van der Waals surface area contributed by atoms with E-state index in [0.29, 0.717) is 23.2 Å². The highest BCUT2D eigenvalue weighted by molar-refractivity contribution is 8.00. The van der Waals surface area contributed by atoms with Gasteiger partial charge in [0.05, 0.1) is 12.1 Å². The number of imide groups is 1. The molecule has 3 aliphatic rings. The fraction of sp³-hybridized carbons (Fsp3) is 0.808. The summed E-state index contributed by atoms with van der Waals surface area (Å²) < 4.78 is 0. The lowest BCUT2D eigenvalue weighted by atomic mass is 10.0. The van der Waals surface area contributed by atoms with Gasteiger partial charge in [-0.3, -0.25) is 14.4 Å². The van der Waals surface area contributed by atoms with E-state index in [1.165, 1.54) is 25.7 Å². The normalized spacial score (nSPS) is 23.5.